The summed E-state index contributed by atoms with van der Waals surface area (Å²) in [5.74, 6) is 0. The summed E-state index contributed by atoms with van der Waals surface area (Å²) < 4.78 is 0. The van der Waals surface area contributed by atoms with Gasteiger partial charge in [-0.2, -0.15) is 0 Å². The Morgan fingerprint density at radius 2 is 2.38 bits per heavy atom. The average molecular weight is 182 g/mol. The maximum Gasteiger partial charge on any atom is 0.0130 e. The first-order chi connectivity index (χ1) is 6.24. The molecule has 0 spiro atoms. The molecule has 0 aromatic carbocycles. The van der Waals surface area contributed by atoms with Crippen LogP contribution in [0, 0.1) is 0 Å². The minimum atomic E-state index is 0.768. The van der Waals surface area contributed by atoms with Crippen LogP contribution in [-0.2, 0) is 0 Å². The van der Waals surface area contributed by atoms with E-state index >= 15 is 0 Å². The molecule has 1 heterocycles. The summed E-state index contributed by atoms with van der Waals surface area (Å²) in [6, 6.07) is 0.768. The lowest BCUT2D eigenvalue weighted by Crippen LogP contribution is -2.25. The molecule has 1 atom stereocenters. The molecule has 1 fully saturated rings. The maximum atomic E-state index is 4.12. The molecule has 0 amide bonds. The van der Waals surface area contributed by atoms with Crippen molar-refractivity contribution in [1.82, 2.24) is 10.2 Å². The zero-order valence-electron chi connectivity index (χ0n) is 8.97. The Balaban J connectivity index is 2.19. The van der Waals surface area contributed by atoms with Gasteiger partial charge >= 0.3 is 0 Å². The molecule has 1 aliphatic rings. The molecule has 0 aromatic heterocycles. The van der Waals surface area contributed by atoms with Crippen LogP contribution >= 0.6 is 0 Å². The fourth-order valence-corrected chi connectivity index (χ4v) is 1.97. The van der Waals surface area contributed by atoms with Crippen molar-refractivity contribution in [1.29, 1.82) is 0 Å². The molecule has 0 aromatic rings. The highest BCUT2D eigenvalue weighted by Gasteiger charge is 2.20. The van der Waals surface area contributed by atoms with Gasteiger partial charge in [0.15, 0.2) is 0 Å². The summed E-state index contributed by atoms with van der Waals surface area (Å²) in [6.45, 7) is 6.46. The number of hydrogen-bond donors (Lipinski definition) is 1. The number of likely N-dealkylation sites (tertiary alicyclic amines) is 1. The van der Waals surface area contributed by atoms with Gasteiger partial charge < -0.3 is 10.2 Å². The van der Waals surface area contributed by atoms with E-state index in [9.17, 15) is 0 Å². The highest BCUT2D eigenvalue weighted by molar-refractivity contribution is 4.99. The smallest absolute Gasteiger partial charge is 0.0130 e. The van der Waals surface area contributed by atoms with Crippen LogP contribution in [0.5, 0.6) is 0 Å². The summed E-state index contributed by atoms with van der Waals surface area (Å²) in [5, 5.41) is 3.16. The third-order valence-electron chi connectivity index (χ3n) is 2.92. The van der Waals surface area contributed by atoms with Crippen molar-refractivity contribution in [2.75, 3.05) is 27.2 Å². The van der Waals surface area contributed by atoms with Gasteiger partial charge in [-0.05, 0) is 52.9 Å². The molecule has 2 heteroatoms. The van der Waals surface area contributed by atoms with E-state index in [2.05, 4.69) is 23.8 Å². The largest absolute Gasteiger partial charge is 0.319 e. The number of rotatable bonds is 5. The number of nitrogens with zero attached hydrogens (tertiary/aromatic N) is 1. The van der Waals surface area contributed by atoms with Gasteiger partial charge in [0.25, 0.3) is 0 Å². The molecule has 2 nitrogen and oxygen atoms in total. The van der Waals surface area contributed by atoms with Crippen molar-refractivity contribution in [2.45, 2.75) is 31.7 Å². The second-order valence-corrected chi connectivity index (χ2v) is 4.08. The summed E-state index contributed by atoms with van der Waals surface area (Å²) in [4.78, 5) is 2.46. The predicted octanol–water partition coefficient (Wildman–Crippen LogP) is 1.64. The molecule has 1 unspecified atom stereocenters. The molecule has 76 valence electrons. The normalized spacial score (nSPS) is 23.7. The minimum absolute atomic E-state index is 0.768. The van der Waals surface area contributed by atoms with Crippen molar-refractivity contribution in [3.8, 4) is 0 Å². The van der Waals surface area contributed by atoms with E-state index in [0.717, 1.165) is 19.0 Å². The van der Waals surface area contributed by atoms with Crippen molar-refractivity contribution in [2.24, 2.45) is 0 Å². The lowest BCUT2D eigenvalue weighted by Gasteiger charge is -2.20. The molecule has 0 radical (unpaired) electrons. The van der Waals surface area contributed by atoms with Crippen LogP contribution in [0.25, 0.3) is 0 Å². The topological polar surface area (TPSA) is 15.3 Å². The van der Waals surface area contributed by atoms with Crippen LogP contribution in [-0.4, -0.2) is 38.1 Å². The van der Waals surface area contributed by atoms with Gasteiger partial charge in [-0.1, -0.05) is 12.2 Å². The molecule has 0 aliphatic carbocycles. The molecule has 13 heavy (non-hydrogen) atoms. The molecule has 1 aliphatic heterocycles. The van der Waals surface area contributed by atoms with Crippen LogP contribution in [0.15, 0.2) is 12.2 Å². The lowest BCUT2D eigenvalue weighted by atomic mass is 10.0. The first kappa shape index (κ1) is 10.7. The van der Waals surface area contributed by atoms with Gasteiger partial charge in [0, 0.05) is 6.04 Å². The second-order valence-electron chi connectivity index (χ2n) is 4.08. The highest BCUT2D eigenvalue weighted by Crippen LogP contribution is 2.21. The van der Waals surface area contributed by atoms with E-state index in [4.69, 9.17) is 0 Å². The summed E-state index contributed by atoms with van der Waals surface area (Å²) in [7, 11) is 4.22. The molecule has 0 bridgehead atoms. The molecule has 1 N–H and O–H groups in total. The molecule has 1 rings (SSSR count). The van der Waals surface area contributed by atoms with Gasteiger partial charge in [0.2, 0.25) is 0 Å². The van der Waals surface area contributed by atoms with Gasteiger partial charge in [0.1, 0.15) is 0 Å². The van der Waals surface area contributed by atoms with Crippen LogP contribution in [0.1, 0.15) is 25.7 Å². The third kappa shape index (κ3) is 3.49. The Bertz CT molecular complexity index is 165. The second kappa shape index (κ2) is 5.40. The first-order valence-electron chi connectivity index (χ1n) is 5.25. The van der Waals surface area contributed by atoms with Gasteiger partial charge in [0.05, 0.1) is 0 Å². The van der Waals surface area contributed by atoms with Crippen LogP contribution < -0.4 is 5.32 Å². The number of hydrogen-bond acceptors (Lipinski definition) is 2. The summed E-state index contributed by atoms with van der Waals surface area (Å²) >= 11 is 0. The van der Waals surface area contributed by atoms with Crippen LogP contribution in [0.3, 0.4) is 0 Å². The van der Waals surface area contributed by atoms with Crippen molar-refractivity contribution >= 4 is 0 Å². The summed E-state index contributed by atoms with van der Waals surface area (Å²) in [6.07, 6.45) is 5.04. The zero-order chi connectivity index (χ0) is 9.68. The van der Waals surface area contributed by atoms with Crippen molar-refractivity contribution in [3.05, 3.63) is 12.2 Å². The zero-order valence-corrected chi connectivity index (χ0v) is 8.97. The molecular formula is C11H22N2. The van der Waals surface area contributed by atoms with E-state index in [1.807, 2.05) is 7.05 Å². The highest BCUT2D eigenvalue weighted by atomic mass is 15.1. The molecule has 0 saturated carbocycles. The predicted molar refractivity (Wildman–Crippen MR) is 58.0 cm³/mol. The van der Waals surface area contributed by atoms with Crippen molar-refractivity contribution in [3.63, 3.8) is 0 Å². The van der Waals surface area contributed by atoms with Gasteiger partial charge in [-0.3, -0.25) is 0 Å². The minimum Gasteiger partial charge on any atom is -0.319 e. The third-order valence-corrected chi connectivity index (χ3v) is 2.92. The Kier molecular flexibility index (Phi) is 4.46. The van der Waals surface area contributed by atoms with E-state index < -0.39 is 0 Å². The fourth-order valence-electron chi connectivity index (χ4n) is 1.97. The molecular weight excluding hydrogens is 160 g/mol. The fraction of sp³-hybridized carbons (Fsp3) is 0.818. The number of nitrogens with one attached hydrogen (secondary N) is 1. The van der Waals surface area contributed by atoms with Crippen molar-refractivity contribution < 1.29 is 0 Å². The Morgan fingerprint density at radius 3 is 2.92 bits per heavy atom. The Morgan fingerprint density at radius 1 is 1.62 bits per heavy atom. The Hall–Kier alpha value is -0.340. The quantitative estimate of drug-likeness (QED) is 0.650. The van der Waals surface area contributed by atoms with E-state index in [-0.39, 0.29) is 0 Å². The van der Waals surface area contributed by atoms with Crippen LogP contribution in [0.2, 0.25) is 0 Å². The van der Waals surface area contributed by atoms with E-state index in [1.165, 1.54) is 31.4 Å². The monoisotopic (exact) mass is 182 g/mol. The molecule has 1 saturated heterocycles. The van der Waals surface area contributed by atoms with E-state index in [1.54, 1.807) is 0 Å². The SMILES string of the molecule is C=C(CCNC)CC1CCCN1C. The van der Waals surface area contributed by atoms with Gasteiger partial charge in [-0.25, -0.2) is 0 Å². The Labute approximate surface area is 82.0 Å². The van der Waals surface area contributed by atoms with Gasteiger partial charge in [-0.15, -0.1) is 0 Å². The maximum absolute atomic E-state index is 4.12. The lowest BCUT2D eigenvalue weighted by molar-refractivity contribution is 0.307. The standard InChI is InChI=1S/C11H22N2/c1-10(6-7-12-2)9-11-5-4-8-13(11)3/h11-12H,1,4-9H2,2-3H3. The first-order valence-corrected chi connectivity index (χ1v) is 5.25. The van der Waals surface area contributed by atoms with Crippen LogP contribution in [0.4, 0.5) is 0 Å². The summed E-state index contributed by atoms with van der Waals surface area (Å²) in [5.41, 5.74) is 1.40. The van der Waals surface area contributed by atoms with E-state index in [0.29, 0.717) is 0 Å². The average Bonchev–Trinajstić information content (AvgIpc) is 2.48.